The Hall–Kier alpha value is -1.39. The highest BCUT2D eigenvalue weighted by Gasteiger charge is 2.17. The first kappa shape index (κ1) is 15.5. The first-order valence-electron chi connectivity index (χ1n) is 6.15. The van der Waals surface area contributed by atoms with Crippen LogP contribution in [0.4, 0.5) is 4.79 Å². The highest BCUT2D eigenvalue weighted by molar-refractivity contribution is 14.1. The van der Waals surface area contributed by atoms with Crippen LogP contribution in [-0.2, 0) is 6.54 Å². The third-order valence-electron chi connectivity index (χ3n) is 2.83. The highest BCUT2D eigenvalue weighted by atomic mass is 127. The predicted molar refractivity (Wildman–Crippen MR) is 91.5 cm³/mol. The third kappa shape index (κ3) is 3.18. The molecule has 0 aromatic carbocycles. The molecule has 9 heteroatoms. The van der Waals surface area contributed by atoms with E-state index in [-0.39, 0.29) is 17.7 Å². The van der Waals surface area contributed by atoms with Gasteiger partial charge in [0.2, 0.25) is 11.2 Å². The van der Waals surface area contributed by atoms with Gasteiger partial charge in [-0.25, -0.2) is 9.78 Å². The molecule has 3 aromatic rings. The Kier molecular flexibility index (Phi) is 4.50. The number of aryl methyl sites for hydroxylation is 1. The Morgan fingerprint density at radius 2 is 2.36 bits per heavy atom. The maximum atomic E-state index is 11.9. The molecule has 0 aliphatic rings. The minimum atomic E-state index is -0.631. The van der Waals surface area contributed by atoms with Gasteiger partial charge in [-0.1, -0.05) is 0 Å². The van der Waals surface area contributed by atoms with E-state index < -0.39 is 6.09 Å². The van der Waals surface area contributed by atoms with Crippen LogP contribution in [-0.4, -0.2) is 16.1 Å². The van der Waals surface area contributed by atoms with Crippen LogP contribution in [0.3, 0.4) is 0 Å². The topological polar surface area (TPSA) is 77.2 Å². The Bertz CT molecular complexity index is 835. The maximum Gasteiger partial charge on any atom is 0.414 e. The first-order valence-corrected chi connectivity index (χ1v) is 8.42. The number of carbonyl (C=O) groups is 1. The molecule has 0 bridgehead atoms. The van der Waals surface area contributed by atoms with E-state index in [4.69, 9.17) is 20.8 Å². The minimum Gasteiger partial charge on any atom is -0.467 e. The molecule has 0 saturated heterocycles. The zero-order valence-corrected chi connectivity index (χ0v) is 15.0. The summed E-state index contributed by atoms with van der Waals surface area (Å²) in [6, 6.07) is 3.50. The van der Waals surface area contributed by atoms with Crippen molar-refractivity contribution in [1.82, 2.24) is 15.3 Å². The van der Waals surface area contributed by atoms with E-state index in [9.17, 15) is 4.79 Å². The Morgan fingerprint density at radius 1 is 1.55 bits per heavy atom. The van der Waals surface area contributed by atoms with Crippen LogP contribution >= 0.6 is 45.5 Å². The monoisotopic (exact) mass is 449 g/mol. The second-order valence-electron chi connectivity index (χ2n) is 4.30. The number of ether oxygens (including phenoxy) is 1. The van der Waals surface area contributed by atoms with Gasteiger partial charge in [0.05, 0.1) is 21.2 Å². The maximum absolute atomic E-state index is 11.9. The van der Waals surface area contributed by atoms with E-state index >= 15 is 0 Å². The summed E-state index contributed by atoms with van der Waals surface area (Å²) in [6.07, 6.45) is 0.903. The van der Waals surface area contributed by atoms with E-state index in [1.807, 2.05) is 6.92 Å². The van der Waals surface area contributed by atoms with E-state index in [0.717, 1.165) is 8.45 Å². The number of hydrogen-bond acceptors (Lipinski definition) is 6. The van der Waals surface area contributed by atoms with Crippen LogP contribution < -0.4 is 10.1 Å². The van der Waals surface area contributed by atoms with Crippen molar-refractivity contribution in [3.63, 3.8) is 0 Å². The van der Waals surface area contributed by atoms with Crippen LogP contribution in [0.2, 0.25) is 5.28 Å². The fourth-order valence-corrected chi connectivity index (χ4v) is 3.75. The minimum absolute atomic E-state index is 0.0404. The summed E-state index contributed by atoms with van der Waals surface area (Å²) < 4.78 is 12.1. The Morgan fingerprint density at radius 3 is 3.09 bits per heavy atom. The molecule has 3 rings (SSSR count). The quantitative estimate of drug-likeness (QED) is 0.480. The molecule has 0 radical (unpaired) electrons. The number of fused-ring (bicyclic) bond motifs is 1. The van der Waals surface area contributed by atoms with Gasteiger partial charge in [-0.3, -0.25) is 0 Å². The Balaban J connectivity index is 1.81. The number of aromatic nitrogens is 2. The third-order valence-corrected chi connectivity index (χ3v) is 5.52. The van der Waals surface area contributed by atoms with Crippen LogP contribution in [0.1, 0.15) is 11.3 Å². The summed E-state index contributed by atoms with van der Waals surface area (Å²) >= 11 is 9.55. The molecule has 0 spiro atoms. The molecule has 0 aliphatic carbocycles. The number of amides is 1. The molecule has 0 atom stereocenters. The fraction of sp³-hybridized carbons (Fsp3) is 0.154. The lowest BCUT2D eigenvalue weighted by Crippen LogP contribution is -2.26. The average Bonchev–Trinajstić information content (AvgIpc) is 3.08. The van der Waals surface area contributed by atoms with Crippen molar-refractivity contribution in [3.05, 3.63) is 37.9 Å². The van der Waals surface area contributed by atoms with E-state index in [2.05, 4.69) is 37.9 Å². The number of furan rings is 1. The number of nitrogens with one attached hydrogen (secondary N) is 1. The van der Waals surface area contributed by atoms with Gasteiger partial charge in [-0.05, 0) is 58.8 Å². The molecule has 6 nitrogen and oxygen atoms in total. The smallest absolute Gasteiger partial charge is 0.414 e. The lowest BCUT2D eigenvalue weighted by atomic mass is 10.3. The van der Waals surface area contributed by atoms with Crippen LogP contribution in [0.15, 0.2) is 22.8 Å². The van der Waals surface area contributed by atoms with Crippen molar-refractivity contribution >= 4 is 61.8 Å². The zero-order chi connectivity index (χ0) is 15.7. The van der Waals surface area contributed by atoms with E-state index in [1.165, 1.54) is 17.6 Å². The van der Waals surface area contributed by atoms with Crippen molar-refractivity contribution in [2.75, 3.05) is 0 Å². The number of halogens is 2. The van der Waals surface area contributed by atoms with E-state index in [1.54, 1.807) is 12.1 Å². The number of rotatable bonds is 3. The molecule has 0 unspecified atom stereocenters. The van der Waals surface area contributed by atoms with Crippen molar-refractivity contribution in [2.24, 2.45) is 0 Å². The summed E-state index contributed by atoms with van der Waals surface area (Å²) in [4.78, 5) is 20.1. The second kappa shape index (κ2) is 6.39. The summed E-state index contributed by atoms with van der Waals surface area (Å²) in [5, 5.41) is 2.62. The number of nitrogens with zero attached hydrogens (tertiary/aromatic N) is 2. The molecule has 0 fully saturated rings. The SMILES string of the molecule is Cc1c(I)sc2c(OC(=O)NCc3ccco3)nc(Cl)nc12. The predicted octanol–water partition coefficient (Wildman–Crippen LogP) is 4.14. The lowest BCUT2D eigenvalue weighted by molar-refractivity contribution is 0.198. The molecule has 0 aliphatic heterocycles. The van der Waals surface area contributed by atoms with Gasteiger partial charge in [0, 0.05) is 0 Å². The van der Waals surface area contributed by atoms with Gasteiger partial charge in [-0.15, -0.1) is 11.3 Å². The number of hydrogen-bond donors (Lipinski definition) is 1. The van der Waals surface area contributed by atoms with Gasteiger partial charge < -0.3 is 14.5 Å². The molecule has 22 heavy (non-hydrogen) atoms. The molecule has 3 heterocycles. The van der Waals surface area contributed by atoms with Crippen molar-refractivity contribution < 1.29 is 13.9 Å². The molecular formula is C13H9ClIN3O3S. The van der Waals surface area contributed by atoms with Crippen molar-refractivity contribution in [1.29, 1.82) is 0 Å². The lowest BCUT2D eigenvalue weighted by Gasteiger charge is -2.05. The van der Waals surface area contributed by atoms with E-state index in [0.29, 0.717) is 16.0 Å². The highest BCUT2D eigenvalue weighted by Crippen LogP contribution is 2.36. The summed E-state index contributed by atoms with van der Waals surface area (Å²) in [5.41, 5.74) is 1.69. The molecule has 0 saturated carbocycles. The van der Waals surface area contributed by atoms with Crippen LogP contribution in [0.5, 0.6) is 5.88 Å². The van der Waals surface area contributed by atoms with Gasteiger partial charge in [0.25, 0.3) is 0 Å². The summed E-state index contributed by atoms with van der Waals surface area (Å²) in [6.45, 7) is 2.17. The zero-order valence-electron chi connectivity index (χ0n) is 11.2. The fourth-order valence-electron chi connectivity index (χ4n) is 1.77. The van der Waals surface area contributed by atoms with Gasteiger partial charge in [0.1, 0.15) is 10.5 Å². The van der Waals surface area contributed by atoms with Crippen LogP contribution in [0, 0.1) is 9.81 Å². The molecule has 1 N–H and O–H groups in total. The molecular weight excluding hydrogens is 441 g/mol. The summed E-state index contributed by atoms with van der Waals surface area (Å²) in [7, 11) is 0. The normalized spacial score (nSPS) is 10.9. The number of carbonyl (C=O) groups excluding carboxylic acids is 1. The van der Waals surface area contributed by atoms with Gasteiger partial charge >= 0.3 is 6.09 Å². The molecule has 3 aromatic heterocycles. The summed E-state index contributed by atoms with van der Waals surface area (Å²) in [5.74, 6) is 0.785. The largest absolute Gasteiger partial charge is 0.467 e. The standard InChI is InChI=1S/C13H9ClIN3O3S/c1-6-8-9(22-10(6)15)11(18-12(14)17-8)21-13(19)16-5-7-3-2-4-20-7/h2-4H,5H2,1H3,(H,16,19). The molecule has 114 valence electrons. The van der Waals surface area contributed by atoms with Gasteiger partial charge in [0.15, 0.2) is 0 Å². The second-order valence-corrected chi connectivity index (χ2v) is 7.47. The average molecular weight is 450 g/mol. The number of thiophene rings is 1. The Labute approximate surface area is 148 Å². The van der Waals surface area contributed by atoms with Crippen molar-refractivity contribution in [2.45, 2.75) is 13.5 Å². The van der Waals surface area contributed by atoms with Crippen molar-refractivity contribution in [3.8, 4) is 5.88 Å². The first-order chi connectivity index (χ1) is 10.5. The molecule has 1 amide bonds. The van der Waals surface area contributed by atoms with Crippen LogP contribution in [0.25, 0.3) is 10.2 Å². The van der Waals surface area contributed by atoms with Gasteiger partial charge in [-0.2, -0.15) is 4.98 Å².